The SMILES string of the molecule is CN(Cc1nc2ccccc2s1)C(=O)c1cccc(CN2C(=O)CNC2=O)c1. The van der Waals surface area contributed by atoms with Crippen molar-refractivity contribution in [2.75, 3.05) is 13.6 Å². The van der Waals surface area contributed by atoms with Gasteiger partial charge < -0.3 is 10.2 Å². The highest BCUT2D eigenvalue weighted by Crippen LogP contribution is 2.23. The third-order valence-electron chi connectivity index (χ3n) is 4.51. The molecule has 28 heavy (non-hydrogen) atoms. The molecule has 1 fully saturated rings. The number of hydrogen-bond acceptors (Lipinski definition) is 5. The molecule has 0 radical (unpaired) electrons. The number of fused-ring (bicyclic) bond motifs is 1. The minimum Gasteiger partial charge on any atom is -0.335 e. The second kappa shape index (κ2) is 7.40. The summed E-state index contributed by atoms with van der Waals surface area (Å²) in [6, 6.07) is 14.5. The van der Waals surface area contributed by atoms with Crippen molar-refractivity contribution in [3.05, 3.63) is 64.7 Å². The Kier molecular flexibility index (Phi) is 4.79. The summed E-state index contributed by atoms with van der Waals surface area (Å²) in [7, 11) is 1.73. The van der Waals surface area contributed by atoms with Crippen molar-refractivity contribution < 1.29 is 14.4 Å². The maximum atomic E-state index is 12.8. The number of urea groups is 1. The van der Waals surface area contributed by atoms with Crippen LogP contribution in [0.15, 0.2) is 48.5 Å². The van der Waals surface area contributed by atoms with Gasteiger partial charge >= 0.3 is 6.03 Å². The van der Waals surface area contributed by atoms with Gasteiger partial charge in [-0.15, -0.1) is 11.3 Å². The molecule has 0 unspecified atom stereocenters. The van der Waals surface area contributed by atoms with Crippen LogP contribution in [0.3, 0.4) is 0 Å². The van der Waals surface area contributed by atoms with Crippen molar-refractivity contribution in [2.24, 2.45) is 0 Å². The Balaban J connectivity index is 1.47. The zero-order chi connectivity index (χ0) is 19.7. The lowest BCUT2D eigenvalue weighted by Gasteiger charge is -2.17. The fraction of sp³-hybridized carbons (Fsp3) is 0.200. The van der Waals surface area contributed by atoms with Gasteiger partial charge in [0.05, 0.1) is 29.9 Å². The quantitative estimate of drug-likeness (QED) is 0.675. The van der Waals surface area contributed by atoms with E-state index < -0.39 is 6.03 Å². The lowest BCUT2D eigenvalue weighted by atomic mass is 10.1. The standard InChI is InChI=1S/C20H18N4O3S/c1-23(12-17-22-15-7-2-3-8-16(15)28-17)19(26)14-6-4-5-13(9-14)11-24-18(25)10-21-20(24)27/h2-9H,10-12H2,1H3,(H,21,27). The van der Waals surface area contributed by atoms with E-state index >= 15 is 0 Å². The van der Waals surface area contributed by atoms with Gasteiger partial charge in [0, 0.05) is 12.6 Å². The van der Waals surface area contributed by atoms with Crippen molar-refractivity contribution in [1.29, 1.82) is 0 Å². The van der Waals surface area contributed by atoms with Crippen molar-refractivity contribution >= 4 is 39.4 Å². The summed E-state index contributed by atoms with van der Waals surface area (Å²) < 4.78 is 1.09. The Morgan fingerprint density at radius 2 is 2.04 bits per heavy atom. The fourth-order valence-electron chi connectivity index (χ4n) is 3.08. The van der Waals surface area contributed by atoms with Gasteiger partial charge in [-0.2, -0.15) is 0 Å². The van der Waals surface area contributed by atoms with Crippen molar-refractivity contribution in [3.8, 4) is 0 Å². The molecule has 2 aromatic carbocycles. The van der Waals surface area contributed by atoms with Gasteiger partial charge in [0.2, 0.25) is 5.91 Å². The van der Waals surface area contributed by atoms with Gasteiger partial charge in [0.1, 0.15) is 5.01 Å². The number of para-hydroxylation sites is 1. The zero-order valence-corrected chi connectivity index (χ0v) is 16.0. The van der Waals surface area contributed by atoms with E-state index in [2.05, 4.69) is 10.3 Å². The number of benzene rings is 2. The van der Waals surface area contributed by atoms with Crippen LogP contribution in [0.5, 0.6) is 0 Å². The molecule has 0 bridgehead atoms. The number of rotatable bonds is 5. The third kappa shape index (κ3) is 3.59. The molecule has 4 amide bonds. The summed E-state index contributed by atoms with van der Waals surface area (Å²) in [5.74, 6) is -0.409. The smallest absolute Gasteiger partial charge is 0.324 e. The Bertz CT molecular complexity index is 1030. The molecule has 0 saturated carbocycles. The van der Waals surface area contributed by atoms with E-state index in [-0.39, 0.29) is 24.9 Å². The predicted octanol–water partition coefficient (Wildman–Crippen LogP) is 2.62. The van der Waals surface area contributed by atoms with E-state index in [1.165, 1.54) is 0 Å². The minimum absolute atomic E-state index is 0.0162. The van der Waals surface area contributed by atoms with E-state index in [4.69, 9.17) is 0 Å². The predicted molar refractivity (Wildman–Crippen MR) is 106 cm³/mol. The normalized spacial score (nSPS) is 13.8. The lowest BCUT2D eigenvalue weighted by Crippen LogP contribution is -2.30. The highest BCUT2D eigenvalue weighted by atomic mass is 32.1. The number of hydrogen-bond donors (Lipinski definition) is 1. The van der Waals surface area contributed by atoms with Crippen LogP contribution in [0.1, 0.15) is 20.9 Å². The number of imide groups is 1. The molecule has 1 aliphatic rings. The van der Waals surface area contributed by atoms with Crippen LogP contribution < -0.4 is 5.32 Å². The second-order valence-electron chi connectivity index (χ2n) is 6.58. The molecule has 7 nitrogen and oxygen atoms in total. The third-order valence-corrected chi connectivity index (χ3v) is 5.53. The molecule has 1 N–H and O–H groups in total. The van der Waals surface area contributed by atoms with E-state index in [1.54, 1.807) is 47.5 Å². The largest absolute Gasteiger partial charge is 0.335 e. The fourth-order valence-corrected chi connectivity index (χ4v) is 4.10. The number of nitrogens with one attached hydrogen (secondary N) is 1. The Hall–Kier alpha value is -3.26. The summed E-state index contributed by atoms with van der Waals surface area (Å²) in [5.41, 5.74) is 2.16. The van der Waals surface area contributed by atoms with Gasteiger partial charge in [0.15, 0.2) is 0 Å². The first-order valence-electron chi connectivity index (χ1n) is 8.78. The van der Waals surface area contributed by atoms with Crippen LogP contribution in [0.25, 0.3) is 10.2 Å². The Labute approximate surface area is 165 Å². The summed E-state index contributed by atoms with van der Waals surface area (Å²) in [4.78, 5) is 43.6. The average molecular weight is 394 g/mol. The number of carbonyl (C=O) groups excluding carboxylic acids is 3. The van der Waals surface area contributed by atoms with Gasteiger partial charge in [0.25, 0.3) is 5.91 Å². The first kappa shape index (κ1) is 18.1. The molecule has 0 atom stereocenters. The number of aromatic nitrogens is 1. The number of thiazole rings is 1. The second-order valence-corrected chi connectivity index (χ2v) is 7.69. The number of amides is 4. The first-order valence-corrected chi connectivity index (χ1v) is 9.60. The molecule has 1 aromatic heterocycles. The molecule has 1 aliphatic heterocycles. The Morgan fingerprint density at radius 1 is 1.21 bits per heavy atom. The molecule has 4 rings (SSSR count). The zero-order valence-electron chi connectivity index (χ0n) is 15.2. The molecule has 3 aromatic rings. The van der Waals surface area contributed by atoms with Crippen LogP contribution >= 0.6 is 11.3 Å². The van der Waals surface area contributed by atoms with Crippen LogP contribution in [0.4, 0.5) is 4.79 Å². The van der Waals surface area contributed by atoms with Gasteiger partial charge in [-0.25, -0.2) is 9.78 Å². The average Bonchev–Trinajstić information content (AvgIpc) is 3.25. The molecule has 0 aliphatic carbocycles. The maximum absolute atomic E-state index is 12.8. The lowest BCUT2D eigenvalue weighted by molar-refractivity contribution is -0.125. The Morgan fingerprint density at radius 3 is 2.79 bits per heavy atom. The molecule has 2 heterocycles. The van der Waals surface area contributed by atoms with E-state index in [1.807, 2.05) is 24.3 Å². The topological polar surface area (TPSA) is 82.6 Å². The highest BCUT2D eigenvalue weighted by Gasteiger charge is 2.28. The molecular formula is C20H18N4O3S. The maximum Gasteiger partial charge on any atom is 0.324 e. The van der Waals surface area contributed by atoms with E-state index in [9.17, 15) is 14.4 Å². The van der Waals surface area contributed by atoms with Crippen LogP contribution in [-0.2, 0) is 17.9 Å². The van der Waals surface area contributed by atoms with Gasteiger partial charge in [-0.1, -0.05) is 24.3 Å². The molecule has 142 valence electrons. The van der Waals surface area contributed by atoms with Gasteiger partial charge in [-0.05, 0) is 29.8 Å². The highest BCUT2D eigenvalue weighted by molar-refractivity contribution is 7.18. The van der Waals surface area contributed by atoms with Crippen molar-refractivity contribution in [2.45, 2.75) is 13.1 Å². The van der Waals surface area contributed by atoms with Crippen LogP contribution in [-0.4, -0.2) is 46.2 Å². The van der Waals surface area contributed by atoms with Crippen LogP contribution in [0.2, 0.25) is 0 Å². The van der Waals surface area contributed by atoms with Crippen molar-refractivity contribution in [3.63, 3.8) is 0 Å². The minimum atomic E-state index is -0.408. The number of carbonyl (C=O) groups is 3. The molecule has 8 heteroatoms. The van der Waals surface area contributed by atoms with Crippen molar-refractivity contribution in [1.82, 2.24) is 20.1 Å². The van der Waals surface area contributed by atoms with E-state index in [0.717, 1.165) is 25.7 Å². The number of nitrogens with zero attached hydrogens (tertiary/aromatic N) is 3. The molecule has 0 spiro atoms. The summed E-state index contributed by atoms with van der Waals surface area (Å²) in [6.07, 6.45) is 0. The van der Waals surface area contributed by atoms with Gasteiger partial charge in [-0.3, -0.25) is 14.5 Å². The summed E-state index contributed by atoms with van der Waals surface area (Å²) in [5, 5.41) is 3.36. The monoisotopic (exact) mass is 394 g/mol. The molecular weight excluding hydrogens is 376 g/mol. The first-order chi connectivity index (χ1) is 13.5. The summed E-state index contributed by atoms with van der Waals surface area (Å²) in [6.45, 7) is 0.575. The summed E-state index contributed by atoms with van der Waals surface area (Å²) >= 11 is 1.57. The van der Waals surface area contributed by atoms with E-state index in [0.29, 0.717) is 12.1 Å². The van der Waals surface area contributed by atoms with Crippen LogP contribution in [0, 0.1) is 0 Å². The molecule has 1 saturated heterocycles.